The van der Waals surface area contributed by atoms with Crippen molar-refractivity contribution in [2.45, 2.75) is 57.5 Å². The van der Waals surface area contributed by atoms with E-state index in [0.29, 0.717) is 10.0 Å². The molecule has 5 nitrogen and oxygen atoms in total. The van der Waals surface area contributed by atoms with Crippen LogP contribution in [0.2, 0.25) is 0 Å². The molecule has 1 rings (SSSR count). The Kier molecular flexibility index (Phi) is 6.18. The molecule has 0 radical (unpaired) electrons. The first kappa shape index (κ1) is 19.1. The van der Waals surface area contributed by atoms with E-state index in [1.807, 2.05) is 13.8 Å². The van der Waals surface area contributed by atoms with Crippen LogP contribution in [0.5, 0.6) is 0 Å². The SMILES string of the molecule is CCC(C)NC(=O)c1cc(S(=O)(=O)NC(C)(C)C)ccc1Br. The van der Waals surface area contributed by atoms with Gasteiger partial charge in [0.05, 0.1) is 10.5 Å². The van der Waals surface area contributed by atoms with Crippen molar-refractivity contribution in [3.63, 3.8) is 0 Å². The Morgan fingerprint density at radius 1 is 1.32 bits per heavy atom. The monoisotopic (exact) mass is 390 g/mol. The highest BCUT2D eigenvalue weighted by Gasteiger charge is 2.24. The van der Waals surface area contributed by atoms with Crippen molar-refractivity contribution >= 4 is 31.9 Å². The van der Waals surface area contributed by atoms with Gasteiger partial charge >= 0.3 is 0 Å². The van der Waals surface area contributed by atoms with Gasteiger partial charge < -0.3 is 5.32 Å². The maximum atomic E-state index is 12.4. The van der Waals surface area contributed by atoms with Gasteiger partial charge in [0.1, 0.15) is 0 Å². The van der Waals surface area contributed by atoms with Crippen molar-refractivity contribution in [3.05, 3.63) is 28.2 Å². The van der Waals surface area contributed by atoms with Gasteiger partial charge in [-0.3, -0.25) is 4.79 Å². The van der Waals surface area contributed by atoms with Crippen LogP contribution in [0.15, 0.2) is 27.6 Å². The van der Waals surface area contributed by atoms with Gasteiger partial charge in [-0.1, -0.05) is 6.92 Å². The number of halogens is 1. The third kappa shape index (κ3) is 5.37. The van der Waals surface area contributed by atoms with E-state index in [1.165, 1.54) is 12.1 Å². The second-order valence-electron chi connectivity index (χ2n) is 6.28. The first-order chi connectivity index (χ1) is 9.96. The van der Waals surface area contributed by atoms with Gasteiger partial charge in [-0.15, -0.1) is 0 Å². The number of benzene rings is 1. The summed E-state index contributed by atoms with van der Waals surface area (Å²) in [6.45, 7) is 9.15. The number of sulfonamides is 1. The van der Waals surface area contributed by atoms with Gasteiger partial charge in [-0.2, -0.15) is 0 Å². The second kappa shape index (κ2) is 7.10. The van der Waals surface area contributed by atoms with Crippen LogP contribution in [0.25, 0.3) is 0 Å². The lowest BCUT2D eigenvalue weighted by Crippen LogP contribution is -2.40. The lowest BCUT2D eigenvalue weighted by molar-refractivity contribution is 0.0938. The van der Waals surface area contributed by atoms with Crippen molar-refractivity contribution in [2.75, 3.05) is 0 Å². The molecule has 1 unspecified atom stereocenters. The highest BCUT2D eigenvalue weighted by molar-refractivity contribution is 9.10. The van der Waals surface area contributed by atoms with Crippen LogP contribution in [0.1, 0.15) is 51.4 Å². The van der Waals surface area contributed by atoms with Gasteiger partial charge in [-0.05, 0) is 68.2 Å². The summed E-state index contributed by atoms with van der Waals surface area (Å²) >= 11 is 3.29. The number of hydrogen-bond donors (Lipinski definition) is 2. The summed E-state index contributed by atoms with van der Waals surface area (Å²) in [6.07, 6.45) is 0.799. The first-order valence-electron chi connectivity index (χ1n) is 7.10. The molecule has 0 aromatic heterocycles. The Balaban J connectivity index is 3.17. The molecule has 1 aromatic rings. The molecule has 0 aliphatic heterocycles. The summed E-state index contributed by atoms with van der Waals surface area (Å²) in [7, 11) is -3.68. The molecular formula is C15H23BrN2O3S. The summed E-state index contributed by atoms with van der Waals surface area (Å²) in [5, 5.41) is 2.83. The molecule has 1 amide bonds. The zero-order valence-corrected chi connectivity index (χ0v) is 15.9. The lowest BCUT2D eigenvalue weighted by Gasteiger charge is -2.21. The molecule has 0 fully saturated rings. The molecule has 0 bridgehead atoms. The van der Waals surface area contributed by atoms with E-state index in [1.54, 1.807) is 26.8 Å². The Hall–Kier alpha value is -0.920. The minimum absolute atomic E-state index is 0.0207. The molecular weight excluding hydrogens is 368 g/mol. The standard InChI is InChI=1S/C15H23BrN2O3S/c1-6-10(2)17-14(19)12-9-11(7-8-13(12)16)22(20,21)18-15(3,4)5/h7-10,18H,6H2,1-5H3,(H,17,19). The fraction of sp³-hybridized carbons (Fsp3) is 0.533. The lowest BCUT2D eigenvalue weighted by atomic mass is 10.1. The molecule has 7 heteroatoms. The van der Waals surface area contributed by atoms with E-state index >= 15 is 0 Å². The van der Waals surface area contributed by atoms with E-state index in [0.717, 1.165) is 6.42 Å². The molecule has 0 saturated carbocycles. The molecule has 1 aromatic carbocycles. The van der Waals surface area contributed by atoms with Crippen molar-refractivity contribution in [1.29, 1.82) is 0 Å². The number of nitrogens with one attached hydrogen (secondary N) is 2. The zero-order valence-electron chi connectivity index (χ0n) is 13.5. The Bertz CT molecular complexity index is 651. The fourth-order valence-electron chi connectivity index (χ4n) is 1.71. The highest BCUT2D eigenvalue weighted by atomic mass is 79.9. The maximum absolute atomic E-state index is 12.4. The molecule has 0 saturated heterocycles. The van der Waals surface area contributed by atoms with Gasteiger partial charge in [0, 0.05) is 16.1 Å². The summed E-state index contributed by atoms with van der Waals surface area (Å²) in [4.78, 5) is 12.3. The quantitative estimate of drug-likeness (QED) is 0.810. The molecule has 124 valence electrons. The predicted molar refractivity (Wildman–Crippen MR) is 91.4 cm³/mol. The third-order valence-electron chi connectivity index (χ3n) is 2.92. The molecule has 0 spiro atoms. The first-order valence-corrected chi connectivity index (χ1v) is 9.38. The van der Waals surface area contributed by atoms with Crippen LogP contribution in [0.3, 0.4) is 0 Å². The summed E-state index contributed by atoms with van der Waals surface area (Å²) in [5.74, 6) is -0.297. The Morgan fingerprint density at radius 2 is 1.91 bits per heavy atom. The van der Waals surface area contributed by atoms with Gasteiger partial charge in [0.25, 0.3) is 5.91 Å². The molecule has 0 aliphatic rings. The summed E-state index contributed by atoms with van der Waals surface area (Å²) in [5.41, 5.74) is -0.289. The highest BCUT2D eigenvalue weighted by Crippen LogP contribution is 2.22. The van der Waals surface area contributed by atoms with Crippen LogP contribution in [-0.2, 0) is 10.0 Å². The van der Waals surface area contributed by atoms with Crippen molar-refractivity contribution in [1.82, 2.24) is 10.0 Å². The summed E-state index contributed by atoms with van der Waals surface area (Å²) < 4.78 is 27.8. The minimum atomic E-state index is -3.68. The average Bonchev–Trinajstić information content (AvgIpc) is 2.35. The van der Waals surface area contributed by atoms with Crippen LogP contribution in [-0.4, -0.2) is 25.9 Å². The number of hydrogen-bond acceptors (Lipinski definition) is 3. The Labute approximate surface area is 141 Å². The van der Waals surface area contributed by atoms with Crippen molar-refractivity contribution in [2.24, 2.45) is 0 Å². The van der Waals surface area contributed by atoms with Gasteiger partial charge in [0.2, 0.25) is 10.0 Å². The van der Waals surface area contributed by atoms with Gasteiger partial charge in [0.15, 0.2) is 0 Å². The minimum Gasteiger partial charge on any atom is -0.350 e. The Morgan fingerprint density at radius 3 is 2.41 bits per heavy atom. The molecule has 2 N–H and O–H groups in total. The van der Waals surface area contributed by atoms with Crippen molar-refractivity contribution in [3.8, 4) is 0 Å². The average molecular weight is 391 g/mol. The molecule has 1 atom stereocenters. The maximum Gasteiger partial charge on any atom is 0.252 e. The van der Waals surface area contributed by atoms with Crippen LogP contribution >= 0.6 is 15.9 Å². The van der Waals surface area contributed by atoms with Crippen LogP contribution in [0, 0.1) is 0 Å². The number of rotatable bonds is 5. The van der Waals surface area contributed by atoms with E-state index in [-0.39, 0.29) is 16.8 Å². The second-order valence-corrected chi connectivity index (χ2v) is 8.82. The molecule has 0 aliphatic carbocycles. The molecule has 22 heavy (non-hydrogen) atoms. The van der Waals surface area contributed by atoms with Gasteiger partial charge in [-0.25, -0.2) is 13.1 Å². The van der Waals surface area contributed by atoms with E-state index in [2.05, 4.69) is 26.0 Å². The molecule has 0 heterocycles. The number of carbonyl (C=O) groups excluding carboxylic acids is 1. The van der Waals surface area contributed by atoms with Crippen molar-refractivity contribution < 1.29 is 13.2 Å². The summed E-state index contributed by atoms with van der Waals surface area (Å²) in [6, 6.07) is 4.45. The number of amides is 1. The van der Waals surface area contributed by atoms with Crippen LogP contribution in [0.4, 0.5) is 0 Å². The third-order valence-corrected chi connectivity index (χ3v) is 5.37. The predicted octanol–water partition coefficient (Wildman–Crippen LogP) is 3.05. The van der Waals surface area contributed by atoms with E-state index in [4.69, 9.17) is 0 Å². The smallest absolute Gasteiger partial charge is 0.252 e. The zero-order chi connectivity index (χ0) is 17.1. The van der Waals surface area contributed by atoms with E-state index < -0.39 is 15.6 Å². The van der Waals surface area contributed by atoms with E-state index in [9.17, 15) is 13.2 Å². The fourth-order valence-corrected chi connectivity index (χ4v) is 3.58. The number of carbonyl (C=O) groups is 1. The largest absolute Gasteiger partial charge is 0.350 e. The normalized spacial score (nSPS) is 13.7. The topological polar surface area (TPSA) is 75.3 Å². The van der Waals surface area contributed by atoms with Crippen LogP contribution < -0.4 is 10.0 Å².